The summed E-state index contributed by atoms with van der Waals surface area (Å²) in [6, 6.07) is -1.53. The molecule has 0 radical (unpaired) electrons. The Morgan fingerprint density at radius 3 is 2.50 bits per heavy atom. The number of amides is 3. The fourth-order valence-corrected chi connectivity index (χ4v) is 4.98. The molecule has 4 heterocycles. The van der Waals surface area contributed by atoms with Gasteiger partial charge in [-0.05, 0) is 26.2 Å². The lowest BCUT2D eigenvalue weighted by Crippen LogP contribution is -2.49. The van der Waals surface area contributed by atoms with Gasteiger partial charge in [0.1, 0.15) is 23.4 Å². The summed E-state index contributed by atoms with van der Waals surface area (Å²) in [6.45, 7) is 12.6. The topological polar surface area (TPSA) is 148 Å². The molecule has 2 aromatic rings. The molecule has 13 nitrogen and oxygen atoms in total. The van der Waals surface area contributed by atoms with Gasteiger partial charge in [0.2, 0.25) is 11.8 Å². The van der Waals surface area contributed by atoms with Gasteiger partial charge < -0.3 is 25.0 Å². The second kappa shape index (κ2) is 10.0. The largest absolute Gasteiger partial charge is 0.444 e. The van der Waals surface area contributed by atoms with E-state index in [0.29, 0.717) is 30.9 Å². The van der Waals surface area contributed by atoms with Crippen molar-refractivity contribution in [3.8, 4) is 11.3 Å². The van der Waals surface area contributed by atoms with E-state index in [1.54, 1.807) is 17.3 Å². The average Bonchev–Trinajstić information content (AvgIpc) is 3.54. The summed E-state index contributed by atoms with van der Waals surface area (Å²) in [7, 11) is 1.51. The van der Waals surface area contributed by atoms with Crippen LogP contribution in [-0.2, 0) is 27.4 Å². The standard InChI is InChI=1S/C25H38N8O5/c1-24(2,3)20(22(36)31-12-15(34)10-18(31)21(35)26-7)33-13-17(28-29-33)16-11-27-32-9-8-30(14-19(16)32)23(37)38-25(4,5)6/h11,13,15,18,20,34H,8-10,12,14H2,1-7H3,(H,26,35)/t15-,18+,20-/m1/s1. The first-order valence-electron chi connectivity index (χ1n) is 12.8. The molecule has 2 aliphatic heterocycles. The van der Waals surface area contributed by atoms with Crippen molar-refractivity contribution in [2.24, 2.45) is 5.41 Å². The van der Waals surface area contributed by atoms with Gasteiger partial charge in [-0.3, -0.25) is 14.3 Å². The van der Waals surface area contributed by atoms with Crippen LogP contribution in [0.15, 0.2) is 12.4 Å². The number of fused-ring (bicyclic) bond motifs is 1. The number of nitrogens with zero attached hydrogens (tertiary/aromatic N) is 7. The molecule has 4 rings (SSSR count). The molecule has 0 spiro atoms. The fourth-order valence-electron chi connectivity index (χ4n) is 4.98. The number of rotatable bonds is 4. The Balaban J connectivity index is 1.61. The first-order chi connectivity index (χ1) is 17.7. The number of ether oxygens (including phenoxy) is 1. The lowest BCUT2D eigenvalue weighted by atomic mass is 9.85. The lowest BCUT2D eigenvalue weighted by Gasteiger charge is -2.34. The van der Waals surface area contributed by atoms with Crippen molar-refractivity contribution in [1.82, 2.24) is 39.9 Å². The van der Waals surface area contributed by atoms with Crippen molar-refractivity contribution in [2.75, 3.05) is 20.1 Å². The highest BCUT2D eigenvalue weighted by Gasteiger charge is 2.45. The highest BCUT2D eigenvalue weighted by molar-refractivity contribution is 5.90. The minimum absolute atomic E-state index is 0.0719. The molecule has 208 valence electrons. The van der Waals surface area contributed by atoms with Crippen molar-refractivity contribution >= 4 is 17.9 Å². The van der Waals surface area contributed by atoms with E-state index in [1.165, 1.54) is 16.6 Å². The number of aromatic nitrogens is 5. The van der Waals surface area contributed by atoms with Crippen LogP contribution in [0.4, 0.5) is 4.79 Å². The third-order valence-electron chi connectivity index (χ3n) is 6.74. The molecule has 3 atom stereocenters. The van der Waals surface area contributed by atoms with Gasteiger partial charge in [-0.2, -0.15) is 5.10 Å². The molecule has 0 aromatic carbocycles. The van der Waals surface area contributed by atoms with Crippen molar-refractivity contribution < 1.29 is 24.2 Å². The second-order valence-electron chi connectivity index (χ2n) is 12.0. The molecule has 0 unspecified atom stereocenters. The molecule has 38 heavy (non-hydrogen) atoms. The third-order valence-corrected chi connectivity index (χ3v) is 6.74. The van der Waals surface area contributed by atoms with Crippen molar-refractivity contribution in [3.63, 3.8) is 0 Å². The molecule has 1 saturated heterocycles. The quantitative estimate of drug-likeness (QED) is 0.599. The predicted molar refractivity (Wildman–Crippen MR) is 137 cm³/mol. The van der Waals surface area contributed by atoms with Crippen LogP contribution in [0.1, 0.15) is 59.7 Å². The summed E-state index contributed by atoms with van der Waals surface area (Å²) in [4.78, 5) is 42.0. The summed E-state index contributed by atoms with van der Waals surface area (Å²) < 4.78 is 8.89. The molecule has 3 amide bonds. The Bertz CT molecular complexity index is 1210. The summed E-state index contributed by atoms with van der Waals surface area (Å²) >= 11 is 0. The first kappa shape index (κ1) is 27.6. The summed E-state index contributed by atoms with van der Waals surface area (Å²) in [5.74, 6) is -0.630. The molecular weight excluding hydrogens is 492 g/mol. The first-order valence-corrected chi connectivity index (χ1v) is 12.8. The molecule has 0 aliphatic carbocycles. The normalized spacial score (nSPS) is 20.7. The maximum Gasteiger partial charge on any atom is 0.410 e. The van der Waals surface area contributed by atoms with Crippen LogP contribution in [0.3, 0.4) is 0 Å². The van der Waals surface area contributed by atoms with Crippen LogP contribution in [0.25, 0.3) is 11.3 Å². The van der Waals surface area contributed by atoms with Crippen LogP contribution >= 0.6 is 0 Å². The Morgan fingerprint density at radius 2 is 1.87 bits per heavy atom. The van der Waals surface area contributed by atoms with Gasteiger partial charge in [0.15, 0.2) is 0 Å². The lowest BCUT2D eigenvalue weighted by molar-refractivity contribution is -0.144. The molecule has 0 bridgehead atoms. The maximum absolute atomic E-state index is 13.8. The number of aliphatic hydroxyl groups excluding tert-OH is 1. The number of hydrogen-bond acceptors (Lipinski definition) is 8. The molecule has 2 aromatic heterocycles. The van der Waals surface area contributed by atoms with Gasteiger partial charge in [0.05, 0.1) is 37.3 Å². The highest BCUT2D eigenvalue weighted by Crippen LogP contribution is 2.35. The zero-order chi connectivity index (χ0) is 28.0. The Morgan fingerprint density at radius 1 is 1.16 bits per heavy atom. The minimum Gasteiger partial charge on any atom is -0.444 e. The van der Waals surface area contributed by atoms with Gasteiger partial charge in [-0.1, -0.05) is 26.0 Å². The van der Waals surface area contributed by atoms with Crippen LogP contribution < -0.4 is 5.32 Å². The number of carbonyl (C=O) groups excluding carboxylic acids is 3. The van der Waals surface area contributed by atoms with Crippen LogP contribution in [0.5, 0.6) is 0 Å². The fraction of sp³-hybridized carbons (Fsp3) is 0.680. The predicted octanol–water partition coefficient (Wildman–Crippen LogP) is 1.19. The Labute approximate surface area is 222 Å². The van der Waals surface area contributed by atoms with E-state index >= 15 is 0 Å². The van der Waals surface area contributed by atoms with Crippen LogP contribution in [-0.4, -0.2) is 95.5 Å². The number of nitrogens with one attached hydrogen (secondary N) is 1. The van der Waals surface area contributed by atoms with E-state index in [2.05, 4.69) is 20.7 Å². The molecule has 0 saturated carbocycles. The van der Waals surface area contributed by atoms with Gasteiger partial charge in [-0.25, -0.2) is 9.48 Å². The molecular formula is C25H38N8O5. The highest BCUT2D eigenvalue weighted by atomic mass is 16.6. The van der Waals surface area contributed by atoms with Gasteiger partial charge in [-0.15, -0.1) is 5.10 Å². The number of aliphatic hydroxyl groups is 1. The van der Waals surface area contributed by atoms with Gasteiger partial charge >= 0.3 is 6.09 Å². The van der Waals surface area contributed by atoms with Crippen LogP contribution in [0.2, 0.25) is 0 Å². The van der Waals surface area contributed by atoms with E-state index in [4.69, 9.17) is 4.74 Å². The third kappa shape index (κ3) is 5.52. The number of hydrogen-bond donors (Lipinski definition) is 2. The smallest absolute Gasteiger partial charge is 0.410 e. The summed E-state index contributed by atoms with van der Waals surface area (Å²) in [5.41, 5.74) is 0.856. The summed E-state index contributed by atoms with van der Waals surface area (Å²) in [6.07, 6.45) is 2.40. The number of likely N-dealkylation sites (N-methyl/N-ethyl adjacent to an activating group) is 1. The Kier molecular flexibility index (Phi) is 7.26. The monoisotopic (exact) mass is 530 g/mol. The molecule has 13 heteroatoms. The molecule has 2 aliphatic rings. The van der Waals surface area contributed by atoms with Gasteiger partial charge in [0, 0.05) is 32.1 Å². The number of likely N-dealkylation sites (tertiary alicyclic amines) is 1. The average molecular weight is 531 g/mol. The van der Waals surface area contributed by atoms with E-state index in [0.717, 1.165) is 5.69 Å². The SMILES string of the molecule is CNC(=O)[C@@H]1C[C@@H](O)CN1C(=O)[C@@H](n1cc(-c2cnn3c2CN(C(=O)OC(C)(C)C)CC3)nn1)C(C)(C)C. The van der Waals surface area contributed by atoms with Crippen molar-refractivity contribution in [3.05, 3.63) is 18.1 Å². The zero-order valence-corrected chi connectivity index (χ0v) is 23.1. The zero-order valence-electron chi connectivity index (χ0n) is 23.1. The van der Waals surface area contributed by atoms with E-state index < -0.39 is 35.3 Å². The summed E-state index contributed by atoms with van der Waals surface area (Å²) in [5, 5.41) is 25.9. The Hall–Kier alpha value is -3.48. The minimum atomic E-state index is -0.778. The van der Waals surface area contributed by atoms with Crippen molar-refractivity contribution in [2.45, 2.75) is 84.8 Å². The van der Waals surface area contributed by atoms with E-state index in [-0.39, 0.29) is 24.8 Å². The van der Waals surface area contributed by atoms with Gasteiger partial charge in [0.25, 0.3) is 0 Å². The molecule has 1 fully saturated rings. The van der Waals surface area contributed by atoms with E-state index in [9.17, 15) is 19.5 Å². The van der Waals surface area contributed by atoms with Crippen molar-refractivity contribution in [1.29, 1.82) is 0 Å². The van der Waals surface area contributed by atoms with Crippen LogP contribution in [0, 0.1) is 5.41 Å². The maximum atomic E-state index is 13.8. The number of β-amino-alcohol motifs (C(OH)–C–C–N with tert-alkyl or cyclic N) is 1. The number of carbonyl (C=O) groups is 3. The molecule has 2 N–H and O–H groups in total. The second-order valence-corrected chi connectivity index (χ2v) is 12.0. The van der Waals surface area contributed by atoms with E-state index in [1.807, 2.05) is 46.2 Å².